The molecule has 12 heteroatoms. The summed E-state index contributed by atoms with van der Waals surface area (Å²) >= 11 is 0. The molecule has 0 aliphatic rings. The van der Waals surface area contributed by atoms with Crippen LogP contribution in [0.15, 0.2) is 60.7 Å². The van der Waals surface area contributed by atoms with Crippen LogP contribution in [0.5, 0.6) is 0 Å². The van der Waals surface area contributed by atoms with E-state index >= 15 is 0 Å². The van der Waals surface area contributed by atoms with Crippen LogP contribution in [0.2, 0.25) is 0 Å². The highest BCUT2D eigenvalue weighted by molar-refractivity contribution is 5.81. The van der Waals surface area contributed by atoms with Gasteiger partial charge in [0.15, 0.2) is 0 Å². The Morgan fingerprint density at radius 1 is 0.833 bits per heavy atom. The highest BCUT2D eigenvalue weighted by Crippen LogP contribution is 2.21. The Morgan fingerprint density at radius 3 is 1.75 bits per heavy atom. The molecule has 2 aromatic rings. The van der Waals surface area contributed by atoms with Crippen molar-refractivity contribution in [3.8, 4) is 0 Å². The second kappa shape index (κ2) is 13.2. The summed E-state index contributed by atoms with van der Waals surface area (Å²) in [5, 5.41) is 44.2. The molecule has 2 rings (SSSR count). The Balaban J connectivity index is 2.16. The highest BCUT2D eigenvalue weighted by Gasteiger charge is 2.44. The molecule has 6 atom stereocenters. The molecule has 0 aromatic heterocycles. The first kappa shape index (κ1) is 29.0. The lowest BCUT2D eigenvalue weighted by atomic mass is 9.90. The molecule has 0 aliphatic heterocycles. The third-order valence-corrected chi connectivity index (χ3v) is 5.62. The Hall–Kier alpha value is -3.19. The number of aliphatic hydroxyl groups excluding tert-OH is 3. The van der Waals surface area contributed by atoms with E-state index in [4.69, 9.17) is 10.8 Å². The fraction of sp³-hybridized carbons (Fsp3) is 0.417. The second-order valence-electron chi connectivity index (χ2n) is 8.45. The summed E-state index contributed by atoms with van der Waals surface area (Å²) in [4.78, 5) is 23.3. The predicted octanol–water partition coefficient (Wildman–Crippen LogP) is 0.955. The van der Waals surface area contributed by atoms with Gasteiger partial charge >= 0.3 is 12.3 Å². The molecule has 0 spiro atoms. The molecule has 9 nitrogen and oxygen atoms in total. The standard InChI is InChI=1S/C24H30F3N3O6/c25-24(26,27)21(33)22(34)29-17(11-14-7-3-1-4-8-14)19(31)13-16(28)20(32)18(30-23(35)36)12-15-9-5-2-6-10-15/h1-10,16-21,30-33H,11-13,28H2,(H,29,34)(H,35,36). The van der Waals surface area contributed by atoms with Crippen LogP contribution >= 0.6 is 0 Å². The van der Waals surface area contributed by atoms with E-state index in [0.717, 1.165) is 0 Å². The first-order valence-corrected chi connectivity index (χ1v) is 11.1. The maximum atomic E-state index is 12.8. The van der Waals surface area contributed by atoms with Gasteiger partial charge in [0.1, 0.15) is 0 Å². The average molecular weight is 514 g/mol. The van der Waals surface area contributed by atoms with Gasteiger partial charge in [0.25, 0.3) is 5.91 Å². The van der Waals surface area contributed by atoms with Gasteiger partial charge in [0.2, 0.25) is 6.10 Å². The molecule has 8 N–H and O–H groups in total. The fourth-order valence-corrected chi connectivity index (χ4v) is 3.73. The van der Waals surface area contributed by atoms with Gasteiger partial charge in [-0.15, -0.1) is 0 Å². The first-order chi connectivity index (χ1) is 16.9. The number of rotatable bonds is 12. The molecule has 36 heavy (non-hydrogen) atoms. The smallest absolute Gasteiger partial charge is 0.423 e. The molecule has 6 unspecified atom stereocenters. The minimum Gasteiger partial charge on any atom is -0.465 e. The zero-order valence-corrected chi connectivity index (χ0v) is 19.2. The van der Waals surface area contributed by atoms with Crippen LogP contribution in [0.3, 0.4) is 0 Å². The molecule has 2 aromatic carbocycles. The number of hydrogen-bond acceptors (Lipinski definition) is 6. The highest BCUT2D eigenvalue weighted by atomic mass is 19.4. The van der Waals surface area contributed by atoms with Gasteiger partial charge in [-0.1, -0.05) is 60.7 Å². The number of hydrogen-bond donors (Lipinski definition) is 7. The van der Waals surface area contributed by atoms with E-state index in [1.165, 1.54) is 0 Å². The van der Waals surface area contributed by atoms with Crippen molar-refractivity contribution in [3.05, 3.63) is 71.8 Å². The SMILES string of the molecule is NC(CC(O)C(Cc1ccccc1)NC(=O)C(O)C(F)(F)F)C(O)C(Cc1ccccc1)NC(=O)O. The lowest BCUT2D eigenvalue weighted by Crippen LogP contribution is -2.56. The number of carbonyl (C=O) groups excluding carboxylic acids is 1. The Bertz CT molecular complexity index is 965. The number of nitrogens with one attached hydrogen (secondary N) is 2. The van der Waals surface area contributed by atoms with E-state index in [9.17, 15) is 38.1 Å². The van der Waals surface area contributed by atoms with Crippen LogP contribution in [-0.4, -0.2) is 75.0 Å². The van der Waals surface area contributed by atoms with Crippen molar-refractivity contribution in [1.29, 1.82) is 0 Å². The number of carbonyl (C=O) groups is 2. The van der Waals surface area contributed by atoms with E-state index in [1.54, 1.807) is 60.7 Å². The summed E-state index contributed by atoms with van der Waals surface area (Å²) in [7, 11) is 0. The lowest BCUT2D eigenvalue weighted by Gasteiger charge is -2.32. The summed E-state index contributed by atoms with van der Waals surface area (Å²) in [5.74, 6) is -1.74. The molecular formula is C24H30F3N3O6. The molecule has 0 saturated carbocycles. The van der Waals surface area contributed by atoms with Crippen LogP contribution < -0.4 is 16.4 Å². The third kappa shape index (κ3) is 9.11. The van der Waals surface area contributed by atoms with Crippen molar-refractivity contribution < 1.29 is 43.2 Å². The van der Waals surface area contributed by atoms with Gasteiger partial charge in [-0.25, -0.2) is 4.79 Å². The van der Waals surface area contributed by atoms with Crippen LogP contribution in [0.25, 0.3) is 0 Å². The van der Waals surface area contributed by atoms with Gasteiger partial charge < -0.3 is 36.8 Å². The van der Waals surface area contributed by atoms with Crippen molar-refractivity contribution >= 4 is 12.0 Å². The van der Waals surface area contributed by atoms with Crippen molar-refractivity contribution in [2.75, 3.05) is 0 Å². The van der Waals surface area contributed by atoms with Gasteiger partial charge in [0.05, 0.1) is 24.3 Å². The van der Waals surface area contributed by atoms with E-state index in [-0.39, 0.29) is 12.8 Å². The number of halogens is 3. The number of benzene rings is 2. The zero-order valence-electron chi connectivity index (χ0n) is 19.2. The third-order valence-electron chi connectivity index (χ3n) is 5.62. The number of nitrogens with two attached hydrogens (primary N) is 1. The quantitative estimate of drug-likeness (QED) is 0.222. The monoisotopic (exact) mass is 513 g/mol. The molecule has 0 bridgehead atoms. The van der Waals surface area contributed by atoms with E-state index in [2.05, 4.69) is 5.32 Å². The molecule has 198 valence electrons. The predicted molar refractivity (Wildman–Crippen MR) is 124 cm³/mol. The van der Waals surface area contributed by atoms with E-state index in [0.29, 0.717) is 11.1 Å². The minimum atomic E-state index is -5.20. The molecule has 0 radical (unpaired) electrons. The maximum absolute atomic E-state index is 12.8. The average Bonchev–Trinajstić information content (AvgIpc) is 2.82. The number of amides is 2. The number of alkyl halides is 3. The Kier molecular flexibility index (Phi) is 10.7. The topological polar surface area (TPSA) is 165 Å². The van der Waals surface area contributed by atoms with Gasteiger partial charge in [-0.3, -0.25) is 4.79 Å². The largest absolute Gasteiger partial charge is 0.465 e. The van der Waals surface area contributed by atoms with Crippen molar-refractivity contribution in [3.63, 3.8) is 0 Å². The zero-order chi connectivity index (χ0) is 26.9. The fourth-order valence-electron chi connectivity index (χ4n) is 3.73. The summed E-state index contributed by atoms with van der Waals surface area (Å²) < 4.78 is 38.4. The van der Waals surface area contributed by atoms with E-state index in [1.807, 2.05) is 5.32 Å². The van der Waals surface area contributed by atoms with Crippen molar-refractivity contribution in [1.82, 2.24) is 10.6 Å². The Morgan fingerprint density at radius 2 is 1.31 bits per heavy atom. The summed E-state index contributed by atoms with van der Waals surface area (Å²) in [5.41, 5.74) is 7.34. The van der Waals surface area contributed by atoms with Crippen LogP contribution in [-0.2, 0) is 17.6 Å². The first-order valence-electron chi connectivity index (χ1n) is 11.1. The second-order valence-corrected chi connectivity index (χ2v) is 8.45. The van der Waals surface area contributed by atoms with Crippen molar-refractivity contribution in [2.24, 2.45) is 5.73 Å². The van der Waals surface area contributed by atoms with Crippen LogP contribution in [0.4, 0.5) is 18.0 Å². The summed E-state index contributed by atoms with van der Waals surface area (Å²) in [6.07, 6.45) is -13.3. The molecular weight excluding hydrogens is 483 g/mol. The summed E-state index contributed by atoms with van der Waals surface area (Å²) in [6.45, 7) is 0. The molecule has 0 saturated heterocycles. The molecule has 0 aliphatic carbocycles. The summed E-state index contributed by atoms with van der Waals surface area (Å²) in [6, 6.07) is 13.4. The van der Waals surface area contributed by atoms with Crippen LogP contribution in [0, 0.1) is 0 Å². The normalized spacial score (nSPS) is 16.8. The van der Waals surface area contributed by atoms with Gasteiger partial charge in [-0.2, -0.15) is 13.2 Å². The van der Waals surface area contributed by atoms with Crippen LogP contribution in [0.1, 0.15) is 17.5 Å². The van der Waals surface area contributed by atoms with Gasteiger partial charge in [-0.05, 0) is 30.4 Å². The molecule has 2 amide bonds. The van der Waals surface area contributed by atoms with Gasteiger partial charge in [0, 0.05) is 6.04 Å². The van der Waals surface area contributed by atoms with E-state index < -0.39 is 61.0 Å². The lowest BCUT2D eigenvalue weighted by molar-refractivity contribution is -0.205. The maximum Gasteiger partial charge on any atom is 0.423 e. The van der Waals surface area contributed by atoms with Crippen molar-refractivity contribution in [2.45, 2.75) is 61.9 Å². The molecule has 0 heterocycles. The molecule has 0 fully saturated rings. The number of aliphatic hydroxyl groups is 3. The number of carboxylic acid groups (broad SMARTS) is 1. The Labute approximate surface area is 205 Å². The minimum absolute atomic E-state index is 0.0834.